The zero-order valence-corrected chi connectivity index (χ0v) is 18.3. The second kappa shape index (κ2) is 9.78. The van der Waals surface area contributed by atoms with E-state index in [9.17, 15) is 0 Å². The van der Waals surface area contributed by atoms with Gasteiger partial charge in [0.25, 0.3) is 0 Å². The smallest absolute Gasteiger partial charge is 0.232 e. The molecule has 0 saturated carbocycles. The van der Waals surface area contributed by atoms with E-state index in [0.29, 0.717) is 35.8 Å². The lowest BCUT2D eigenvalue weighted by Crippen LogP contribution is -2.09. The number of rotatable bonds is 8. The van der Waals surface area contributed by atoms with Crippen LogP contribution in [0.2, 0.25) is 0 Å². The van der Waals surface area contributed by atoms with Gasteiger partial charge in [0.1, 0.15) is 5.75 Å². The lowest BCUT2D eigenvalue weighted by molar-refractivity contribution is 0.415. The molecule has 34 heavy (non-hydrogen) atoms. The summed E-state index contributed by atoms with van der Waals surface area (Å²) in [4.78, 5) is 22.1. The van der Waals surface area contributed by atoms with E-state index >= 15 is 0 Å². The highest BCUT2D eigenvalue weighted by atomic mass is 16.5. The number of hydrogen-bond acceptors (Lipinski definition) is 9. The van der Waals surface area contributed by atoms with E-state index in [4.69, 9.17) is 9.15 Å². The molecule has 0 aliphatic heterocycles. The molecule has 0 radical (unpaired) electrons. The fourth-order valence-corrected chi connectivity index (χ4v) is 3.35. The highest BCUT2D eigenvalue weighted by Gasteiger charge is 2.13. The molecule has 0 fully saturated rings. The van der Waals surface area contributed by atoms with Crippen molar-refractivity contribution in [2.75, 3.05) is 17.7 Å². The van der Waals surface area contributed by atoms with Crippen LogP contribution >= 0.6 is 0 Å². The van der Waals surface area contributed by atoms with Crippen LogP contribution < -0.4 is 15.4 Å². The highest BCUT2D eigenvalue weighted by molar-refractivity contribution is 5.71. The fourth-order valence-electron chi connectivity index (χ4n) is 3.35. The molecule has 0 aliphatic carbocycles. The van der Waals surface area contributed by atoms with Crippen molar-refractivity contribution in [3.8, 4) is 28.5 Å². The number of benzene rings is 2. The number of methoxy groups -OCH3 is 1. The molecule has 0 saturated heterocycles. The van der Waals surface area contributed by atoms with Crippen LogP contribution in [0, 0.1) is 0 Å². The van der Waals surface area contributed by atoms with Crippen molar-refractivity contribution < 1.29 is 9.15 Å². The van der Waals surface area contributed by atoms with E-state index in [-0.39, 0.29) is 0 Å². The van der Waals surface area contributed by atoms with E-state index in [2.05, 4.69) is 35.6 Å². The second-order valence-corrected chi connectivity index (χ2v) is 7.25. The Morgan fingerprint density at radius 3 is 2.53 bits per heavy atom. The minimum absolute atomic E-state index is 0.395. The molecule has 0 aliphatic rings. The number of nitrogens with zero attached hydrogens (tertiary/aromatic N) is 5. The summed E-state index contributed by atoms with van der Waals surface area (Å²) in [6, 6.07) is 21.1. The predicted octanol–water partition coefficient (Wildman–Crippen LogP) is 4.95. The van der Waals surface area contributed by atoms with Crippen molar-refractivity contribution in [3.05, 3.63) is 91.2 Å². The Hall–Kier alpha value is -4.79. The Labute approximate surface area is 195 Å². The summed E-state index contributed by atoms with van der Waals surface area (Å²) in [5.41, 5.74) is 3.31. The molecule has 2 N–H and O–H groups in total. The summed E-state index contributed by atoms with van der Waals surface area (Å²) in [7, 11) is 1.61. The first-order valence-electron chi connectivity index (χ1n) is 10.6. The molecular weight excluding hydrogens is 430 g/mol. The van der Waals surface area contributed by atoms with Crippen LogP contribution in [0.15, 0.2) is 89.9 Å². The monoisotopic (exact) mass is 451 g/mol. The maximum Gasteiger partial charge on any atom is 0.232 e. The van der Waals surface area contributed by atoms with Crippen molar-refractivity contribution in [2.45, 2.75) is 6.54 Å². The van der Waals surface area contributed by atoms with E-state index in [0.717, 1.165) is 22.5 Å². The zero-order chi connectivity index (χ0) is 23.2. The molecule has 0 bridgehead atoms. The van der Waals surface area contributed by atoms with Crippen LogP contribution in [0.4, 0.5) is 17.6 Å². The molecule has 5 aromatic rings. The minimum Gasteiger partial charge on any atom is -0.496 e. The van der Waals surface area contributed by atoms with Crippen molar-refractivity contribution in [1.82, 2.24) is 24.9 Å². The van der Waals surface area contributed by atoms with E-state index in [1.807, 2.05) is 66.7 Å². The van der Waals surface area contributed by atoms with Crippen LogP contribution in [-0.2, 0) is 6.54 Å². The van der Waals surface area contributed by atoms with E-state index < -0.39 is 0 Å². The van der Waals surface area contributed by atoms with Gasteiger partial charge < -0.3 is 19.8 Å². The largest absolute Gasteiger partial charge is 0.496 e. The van der Waals surface area contributed by atoms with Crippen LogP contribution in [0.25, 0.3) is 22.7 Å². The molecule has 3 heterocycles. The van der Waals surface area contributed by atoms with Gasteiger partial charge in [-0.05, 0) is 24.3 Å². The van der Waals surface area contributed by atoms with Crippen LogP contribution in [0.3, 0.4) is 0 Å². The van der Waals surface area contributed by atoms with Gasteiger partial charge in [-0.2, -0.15) is 15.0 Å². The minimum atomic E-state index is 0.395. The third kappa shape index (κ3) is 4.83. The maximum atomic E-state index is 5.55. The first-order chi connectivity index (χ1) is 16.8. The first-order valence-corrected chi connectivity index (χ1v) is 10.6. The SMILES string of the molecule is COc1cc(Nc2nc(NCc3ccccn3)nc(-c3ccccc3)n2)ccc1-c1cnco1. The van der Waals surface area contributed by atoms with Crippen molar-refractivity contribution in [2.24, 2.45) is 0 Å². The summed E-state index contributed by atoms with van der Waals surface area (Å²) in [5.74, 6) is 2.63. The van der Waals surface area contributed by atoms with Gasteiger partial charge in [-0.25, -0.2) is 4.98 Å². The van der Waals surface area contributed by atoms with Crippen LogP contribution in [-0.4, -0.2) is 32.0 Å². The third-order valence-electron chi connectivity index (χ3n) is 4.98. The van der Waals surface area contributed by atoms with Gasteiger partial charge in [0.05, 0.1) is 31.1 Å². The van der Waals surface area contributed by atoms with Crippen LogP contribution in [0.1, 0.15) is 5.69 Å². The van der Waals surface area contributed by atoms with Crippen LogP contribution in [0.5, 0.6) is 5.75 Å². The molecule has 9 nitrogen and oxygen atoms in total. The average Bonchev–Trinajstić information content (AvgIpc) is 3.43. The van der Waals surface area contributed by atoms with Gasteiger partial charge in [-0.15, -0.1) is 0 Å². The lowest BCUT2D eigenvalue weighted by Gasteiger charge is -2.12. The number of nitrogens with one attached hydrogen (secondary N) is 2. The summed E-state index contributed by atoms with van der Waals surface area (Å²) < 4.78 is 11.0. The standard InChI is InChI=1S/C25H21N7O2/c1-33-21-13-18(10-11-20(21)22-15-26-16-34-22)29-25-31-23(17-7-3-2-4-8-17)30-24(32-25)28-14-19-9-5-6-12-27-19/h2-13,15-16H,14H2,1H3,(H2,28,29,30,31,32). The fraction of sp³-hybridized carbons (Fsp3) is 0.0800. The number of pyridine rings is 1. The number of hydrogen-bond donors (Lipinski definition) is 2. The topological polar surface area (TPSA) is 111 Å². The Balaban J connectivity index is 1.45. The Bertz CT molecular complexity index is 1360. The number of anilines is 3. The Morgan fingerprint density at radius 1 is 0.912 bits per heavy atom. The van der Waals surface area contributed by atoms with Gasteiger partial charge in [-0.1, -0.05) is 36.4 Å². The molecule has 168 valence electrons. The molecule has 0 spiro atoms. The summed E-state index contributed by atoms with van der Waals surface area (Å²) in [6.45, 7) is 0.484. The van der Waals surface area contributed by atoms with Gasteiger partial charge in [0.15, 0.2) is 18.0 Å². The second-order valence-electron chi connectivity index (χ2n) is 7.25. The van der Waals surface area contributed by atoms with Crippen molar-refractivity contribution in [1.29, 1.82) is 0 Å². The first kappa shape index (κ1) is 21.1. The average molecular weight is 451 g/mol. The number of aromatic nitrogens is 5. The summed E-state index contributed by atoms with van der Waals surface area (Å²) >= 11 is 0. The third-order valence-corrected chi connectivity index (χ3v) is 4.98. The van der Waals surface area contributed by atoms with E-state index in [1.54, 1.807) is 19.5 Å². The molecule has 0 amide bonds. The molecule has 0 atom stereocenters. The summed E-state index contributed by atoms with van der Waals surface area (Å²) in [5, 5.41) is 6.49. The molecular formula is C25H21N7O2. The quantitative estimate of drug-likeness (QED) is 0.338. The van der Waals surface area contributed by atoms with Gasteiger partial charge in [-0.3, -0.25) is 4.98 Å². The van der Waals surface area contributed by atoms with Gasteiger partial charge in [0, 0.05) is 23.5 Å². The van der Waals surface area contributed by atoms with Crippen molar-refractivity contribution in [3.63, 3.8) is 0 Å². The molecule has 0 unspecified atom stereocenters. The highest BCUT2D eigenvalue weighted by Crippen LogP contribution is 2.33. The van der Waals surface area contributed by atoms with Crippen molar-refractivity contribution >= 4 is 17.6 Å². The normalized spacial score (nSPS) is 10.6. The summed E-state index contributed by atoms with van der Waals surface area (Å²) in [6.07, 6.45) is 4.78. The molecule has 9 heteroatoms. The number of oxazole rings is 1. The predicted molar refractivity (Wildman–Crippen MR) is 129 cm³/mol. The van der Waals surface area contributed by atoms with Gasteiger partial charge >= 0.3 is 0 Å². The molecule has 2 aromatic carbocycles. The lowest BCUT2D eigenvalue weighted by atomic mass is 10.1. The zero-order valence-electron chi connectivity index (χ0n) is 18.3. The molecule has 3 aromatic heterocycles. The van der Waals surface area contributed by atoms with Gasteiger partial charge in [0.2, 0.25) is 11.9 Å². The Morgan fingerprint density at radius 2 is 1.76 bits per heavy atom. The Kier molecular flexibility index (Phi) is 6.06. The van der Waals surface area contributed by atoms with E-state index in [1.165, 1.54) is 6.39 Å². The maximum absolute atomic E-state index is 5.55. The molecule has 5 rings (SSSR count). The number of ether oxygens (including phenoxy) is 1.